The quantitative estimate of drug-likeness (QED) is 0.451. The Morgan fingerprint density at radius 2 is 2.00 bits per heavy atom. The second kappa shape index (κ2) is 4.97. The van der Waals surface area contributed by atoms with E-state index in [1.807, 2.05) is 13.8 Å². The molecule has 0 aromatic rings. The third kappa shape index (κ3) is 2.62. The van der Waals surface area contributed by atoms with E-state index >= 15 is 0 Å². The minimum Gasteiger partial charge on any atom is -0.313 e. The fraction of sp³-hybridized carbons (Fsp3) is 0.714. The Labute approximate surface area is 62.0 Å². The van der Waals surface area contributed by atoms with Gasteiger partial charge >= 0.3 is 0 Å². The van der Waals surface area contributed by atoms with Crippen molar-refractivity contribution in [2.24, 2.45) is 5.10 Å². The molecule has 0 aliphatic carbocycles. The predicted molar refractivity (Wildman–Crippen MR) is 44.8 cm³/mol. The smallest absolute Gasteiger partial charge is 0.0807 e. The summed E-state index contributed by atoms with van der Waals surface area (Å²) in [4.78, 5) is 0. The lowest BCUT2D eigenvalue weighted by Crippen LogP contribution is -2.14. The Bertz CT molecular complexity index is 138. The Morgan fingerprint density at radius 3 is 2.30 bits per heavy atom. The molecule has 0 fully saturated rings. The summed E-state index contributed by atoms with van der Waals surface area (Å²) < 4.78 is 0. The molecule has 0 rings (SSSR count). The largest absolute Gasteiger partial charge is 0.313 e. The van der Waals surface area contributed by atoms with Crippen LogP contribution in [-0.4, -0.2) is 18.5 Å². The summed E-state index contributed by atoms with van der Waals surface area (Å²) in [6.45, 7) is 3.96. The summed E-state index contributed by atoms with van der Waals surface area (Å²) in [5, 5.41) is 11.4. The van der Waals surface area contributed by atoms with E-state index in [9.17, 15) is 0 Å². The van der Waals surface area contributed by atoms with Crippen LogP contribution < -0.4 is 5.43 Å². The molecule has 0 spiro atoms. The first kappa shape index (κ1) is 9.14. The minimum absolute atomic E-state index is 0.622. The number of hydrazone groups is 1. The molecule has 0 saturated carbocycles. The van der Waals surface area contributed by atoms with Crippen molar-refractivity contribution in [3.8, 4) is 0 Å². The van der Waals surface area contributed by atoms with Crippen molar-refractivity contribution < 1.29 is 0 Å². The lowest BCUT2D eigenvalue weighted by atomic mass is 10.1. The first-order chi connectivity index (χ1) is 4.76. The van der Waals surface area contributed by atoms with Gasteiger partial charge in [0.1, 0.15) is 0 Å². The van der Waals surface area contributed by atoms with Gasteiger partial charge in [-0.2, -0.15) is 5.10 Å². The molecule has 0 aromatic heterocycles. The first-order valence-electron chi connectivity index (χ1n) is 3.57. The summed E-state index contributed by atoms with van der Waals surface area (Å²) in [6, 6.07) is 0. The zero-order valence-corrected chi connectivity index (χ0v) is 6.86. The summed E-state index contributed by atoms with van der Waals surface area (Å²) in [5.41, 5.74) is 4.16. The molecule has 2 N–H and O–H groups in total. The van der Waals surface area contributed by atoms with E-state index in [0.29, 0.717) is 5.71 Å². The highest BCUT2D eigenvalue weighted by Crippen LogP contribution is 1.91. The molecule has 3 heteroatoms. The zero-order chi connectivity index (χ0) is 7.98. The van der Waals surface area contributed by atoms with Gasteiger partial charge in [-0.15, -0.1) is 0 Å². The highest BCUT2D eigenvalue weighted by molar-refractivity contribution is 6.40. The van der Waals surface area contributed by atoms with Crippen molar-refractivity contribution >= 4 is 11.4 Å². The molecular weight excluding hydrogens is 126 g/mol. The standard InChI is InChI=1S/C7H15N3/c1-4-6(8)7(5-2)10-9-3/h8-9H,4-5H2,1-3H3/b8-6?,10-7-. The molecule has 0 heterocycles. The van der Waals surface area contributed by atoms with E-state index in [1.54, 1.807) is 7.05 Å². The maximum Gasteiger partial charge on any atom is 0.0807 e. The Kier molecular flexibility index (Phi) is 4.54. The Hall–Kier alpha value is -0.860. The maximum absolute atomic E-state index is 7.43. The molecule has 0 radical (unpaired) electrons. The first-order valence-corrected chi connectivity index (χ1v) is 3.57. The lowest BCUT2D eigenvalue weighted by Gasteiger charge is -2.01. The second-order valence-electron chi connectivity index (χ2n) is 1.97. The number of nitrogens with zero attached hydrogens (tertiary/aromatic N) is 1. The van der Waals surface area contributed by atoms with Crippen molar-refractivity contribution in [2.75, 3.05) is 7.05 Å². The van der Waals surface area contributed by atoms with Crippen LogP contribution in [0.4, 0.5) is 0 Å². The van der Waals surface area contributed by atoms with Crippen LogP contribution in [0.5, 0.6) is 0 Å². The van der Waals surface area contributed by atoms with E-state index in [-0.39, 0.29) is 0 Å². The molecule has 10 heavy (non-hydrogen) atoms. The topological polar surface area (TPSA) is 48.2 Å². The van der Waals surface area contributed by atoms with Crippen LogP contribution in [0.2, 0.25) is 0 Å². The molecule has 0 amide bonds. The number of nitrogens with one attached hydrogen (secondary N) is 2. The molecular formula is C7H15N3. The minimum atomic E-state index is 0.622. The average molecular weight is 141 g/mol. The van der Waals surface area contributed by atoms with Crippen LogP contribution >= 0.6 is 0 Å². The van der Waals surface area contributed by atoms with Gasteiger partial charge in [0.25, 0.3) is 0 Å². The van der Waals surface area contributed by atoms with Crippen LogP contribution in [0.15, 0.2) is 5.10 Å². The number of rotatable bonds is 4. The van der Waals surface area contributed by atoms with Crippen LogP contribution in [0.25, 0.3) is 0 Å². The normalized spacial score (nSPS) is 11.3. The Balaban J connectivity index is 4.06. The highest BCUT2D eigenvalue weighted by atomic mass is 15.3. The third-order valence-corrected chi connectivity index (χ3v) is 1.28. The molecule has 0 aliphatic rings. The Morgan fingerprint density at radius 1 is 1.40 bits per heavy atom. The fourth-order valence-electron chi connectivity index (χ4n) is 0.699. The van der Waals surface area contributed by atoms with E-state index in [0.717, 1.165) is 18.6 Å². The van der Waals surface area contributed by atoms with Gasteiger partial charge in [0.15, 0.2) is 0 Å². The molecule has 0 bridgehead atoms. The average Bonchev–Trinajstić information content (AvgIpc) is 1.99. The highest BCUT2D eigenvalue weighted by Gasteiger charge is 2.00. The molecule has 0 unspecified atom stereocenters. The van der Waals surface area contributed by atoms with Crippen molar-refractivity contribution in [3.63, 3.8) is 0 Å². The van der Waals surface area contributed by atoms with Gasteiger partial charge < -0.3 is 10.8 Å². The SMILES string of the molecule is CCC(=N)/C(CC)=N\NC. The molecule has 0 aliphatic heterocycles. The fourth-order valence-corrected chi connectivity index (χ4v) is 0.699. The van der Waals surface area contributed by atoms with Gasteiger partial charge in [-0.05, 0) is 12.8 Å². The van der Waals surface area contributed by atoms with E-state index in [1.165, 1.54) is 0 Å². The molecule has 0 aromatic carbocycles. The lowest BCUT2D eigenvalue weighted by molar-refractivity contribution is 0.894. The van der Waals surface area contributed by atoms with Gasteiger partial charge in [-0.1, -0.05) is 13.8 Å². The van der Waals surface area contributed by atoms with Crippen molar-refractivity contribution in [2.45, 2.75) is 26.7 Å². The van der Waals surface area contributed by atoms with Gasteiger partial charge in [0.2, 0.25) is 0 Å². The molecule has 58 valence electrons. The van der Waals surface area contributed by atoms with Crippen LogP contribution in [0.3, 0.4) is 0 Å². The third-order valence-electron chi connectivity index (χ3n) is 1.28. The summed E-state index contributed by atoms with van der Waals surface area (Å²) >= 11 is 0. The van der Waals surface area contributed by atoms with Crippen LogP contribution in [0, 0.1) is 5.41 Å². The van der Waals surface area contributed by atoms with E-state index < -0.39 is 0 Å². The van der Waals surface area contributed by atoms with Gasteiger partial charge in [0.05, 0.1) is 11.4 Å². The zero-order valence-electron chi connectivity index (χ0n) is 6.86. The van der Waals surface area contributed by atoms with Crippen molar-refractivity contribution in [3.05, 3.63) is 0 Å². The van der Waals surface area contributed by atoms with Gasteiger partial charge in [-0.25, -0.2) is 0 Å². The van der Waals surface area contributed by atoms with E-state index in [2.05, 4.69) is 10.5 Å². The van der Waals surface area contributed by atoms with Crippen molar-refractivity contribution in [1.29, 1.82) is 5.41 Å². The van der Waals surface area contributed by atoms with Gasteiger partial charge in [-0.3, -0.25) is 0 Å². The van der Waals surface area contributed by atoms with Crippen molar-refractivity contribution in [1.82, 2.24) is 5.43 Å². The maximum atomic E-state index is 7.43. The molecule has 3 nitrogen and oxygen atoms in total. The molecule has 0 atom stereocenters. The number of hydrogen-bond acceptors (Lipinski definition) is 3. The predicted octanol–water partition coefficient (Wildman–Crippen LogP) is 1.40. The summed E-state index contributed by atoms with van der Waals surface area (Å²) in [7, 11) is 1.75. The second-order valence-corrected chi connectivity index (χ2v) is 1.97. The summed E-state index contributed by atoms with van der Waals surface area (Å²) in [5.74, 6) is 0. The van der Waals surface area contributed by atoms with Crippen LogP contribution in [-0.2, 0) is 0 Å². The summed E-state index contributed by atoms with van der Waals surface area (Å²) in [6.07, 6.45) is 1.59. The molecule has 0 saturated heterocycles. The monoisotopic (exact) mass is 141 g/mol. The van der Waals surface area contributed by atoms with Gasteiger partial charge in [0, 0.05) is 7.05 Å². The number of hydrogen-bond donors (Lipinski definition) is 2. The van der Waals surface area contributed by atoms with E-state index in [4.69, 9.17) is 5.41 Å². The van der Waals surface area contributed by atoms with Crippen LogP contribution in [0.1, 0.15) is 26.7 Å².